The number of carboxylic acid groups (broad SMARTS) is 1. The maximum Gasteiger partial charge on any atom is 0.336 e. The standard InChI is InChI=1S/C15H14N2O2S/c1-10-14(20-9-16-10)6-8-17-7-5-11-12(15(18)19)3-2-4-13(11)17/h2-5,7,9H,6,8H2,1H3,(H,18,19). The molecule has 0 saturated heterocycles. The second-order valence-corrected chi connectivity index (χ2v) is 5.60. The molecule has 1 N–H and O–H groups in total. The minimum Gasteiger partial charge on any atom is -0.478 e. The Hall–Kier alpha value is -2.14. The van der Waals surface area contributed by atoms with Crippen molar-refractivity contribution in [3.05, 3.63) is 52.1 Å². The van der Waals surface area contributed by atoms with Gasteiger partial charge >= 0.3 is 5.97 Å². The fourth-order valence-electron chi connectivity index (χ4n) is 2.39. The van der Waals surface area contributed by atoms with E-state index in [2.05, 4.69) is 9.55 Å². The molecule has 3 rings (SSSR count). The van der Waals surface area contributed by atoms with Crippen LogP contribution in [0.3, 0.4) is 0 Å². The van der Waals surface area contributed by atoms with E-state index >= 15 is 0 Å². The van der Waals surface area contributed by atoms with E-state index in [0.717, 1.165) is 29.6 Å². The predicted molar refractivity (Wildman–Crippen MR) is 79.5 cm³/mol. The minimum absolute atomic E-state index is 0.357. The molecule has 20 heavy (non-hydrogen) atoms. The molecule has 0 unspecified atom stereocenters. The van der Waals surface area contributed by atoms with Crippen LogP contribution in [0.25, 0.3) is 10.9 Å². The molecule has 0 saturated carbocycles. The van der Waals surface area contributed by atoms with E-state index in [1.807, 2.05) is 30.8 Å². The Kier molecular flexibility index (Phi) is 3.28. The highest BCUT2D eigenvalue weighted by atomic mass is 32.1. The van der Waals surface area contributed by atoms with Gasteiger partial charge < -0.3 is 9.67 Å². The molecule has 5 heteroatoms. The molecule has 0 aliphatic rings. The number of aryl methyl sites for hydroxylation is 3. The number of aromatic carboxylic acids is 1. The van der Waals surface area contributed by atoms with Crippen molar-refractivity contribution in [3.63, 3.8) is 0 Å². The summed E-state index contributed by atoms with van der Waals surface area (Å²) in [5, 5.41) is 9.99. The zero-order valence-electron chi connectivity index (χ0n) is 11.0. The summed E-state index contributed by atoms with van der Waals surface area (Å²) in [6.07, 6.45) is 2.87. The Morgan fingerprint density at radius 2 is 2.25 bits per heavy atom. The first-order valence-corrected chi connectivity index (χ1v) is 7.25. The van der Waals surface area contributed by atoms with Gasteiger partial charge in [-0.3, -0.25) is 0 Å². The topological polar surface area (TPSA) is 55.1 Å². The zero-order chi connectivity index (χ0) is 14.1. The lowest BCUT2D eigenvalue weighted by Gasteiger charge is -2.05. The summed E-state index contributed by atoms with van der Waals surface area (Å²) >= 11 is 1.67. The van der Waals surface area contributed by atoms with E-state index in [9.17, 15) is 9.90 Å². The lowest BCUT2D eigenvalue weighted by Crippen LogP contribution is -2.01. The normalized spacial score (nSPS) is 11.1. The van der Waals surface area contributed by atoms with Gasteiger partial charge in [-0.05, 0) is 25.1 Å². The average molecular weight is 286 g/mol. The van der Waals surface area contributed by atoms with Crippen LogP contribution in [0.1, 0.15) is 20.9 Å². The van der Waals surface area contributed by atoms with Crippen LogP contribution in [0, 0.1) is 6.92 Å². The Labute approximate surface area is 120 Å². The maximum absolute atomic E-state index is 11.2. The first kappa shape index (κ1) is 12.9. The molecular weight excluding hydrogens is 272 g/mol. The molecule has 0 radical (unpaired) electrons. The molecule has 0 amide bonds. The van der Waals surface area contributed by atoms with Gasteiger partial charge in [0.15, 0.2) is 0 Å². The van der Waals surface area contributed by atoms with Crippen molar-refractivity contribution in [3.8, 4) is 0 Å². The van der Waals surface area contributed by atoms with Crippen molar-refractivity contribution in [1.82, 2.24) is 9.55 Å². The van der Waals surface area contributed by atoms with Crippen LogP contribution in [0.2, 0.25) is 0 Å². The van der Waals surface area contributed by atoms with Gasteiger partial charge in [-0.15, -0.1) is 11.3 Å². The molecular formula is C15H14N2O2S. The Bertz CT molecular complexity index is 773. The molecule has 0 atom stereocenters. The lowest BCUT2D eigenvalue weighted by molar-refractivity contribution is 0.0699. The summed E-state index contributed by atoms with van der Waals surface area (Å²) in [6.45, 7) is 2.84. The summed E-state index contributed by atoms with van der Waals surface area (Å²) in [5.41, 5.74) is 4.26. The molecule has 0 aliphatic heterocycles. The van der Waals surface area contributed by atoms with E-state index in [0.29, 0.717) is 5.56 Å². The third-order valence-electron chi connectivity index (χ3n) is 3.47. The van der Waals surface area contributed by atoms with Crippen molar-refractivity contribution in [2.24, 2.45) is 0 Å². The van der Waals surface area contributed by atoms with Gasteiger partial charge in [-0.2, -0.15) is 0 Å². The van der Waals surface area contributed by atoms with Crippen LogP contribution in [0.4, 0.5) is 0 Å². The molecule has 0 aliphatic carbocycles. The number of carbonyl (C=O) groups is 1. The van der Waals surface area contributed by atoms with Crippen molar-refractivity contribution in [2.45, 2.75) is 19.9 Å². The van der Waals surface area contributed by atoms with Crippen LogP contribution in [0.15, 0.2) is 36.0 Å². The highest BCUT2D eigenvalue weighted by Crippen LogP contribution is 2.21. The highest BCUT2D eigenvalue weighted by molar-refractivity contribution is 7.09. The lowest BCUT2D eigenvalue weighted by atomic mass is 10.1. The molecule has 0 spiro atoms. The number of carboxylic acids is 1. The number of rotatable bonds is 4. The average Bonchev–Trinajstić information content (AvgIpc) is 3.02. The summed E-state index contributed by atoms with van der Waals surface area (Å²) < 4.78 is 2.10. The van der Waals surface area contributed by atoms with Crippen molar-refractivity contribution < 1.29 is 9.90 Å². The molecule has 0 fully saturated rings. The van der Waals surface area contributed by atoms with Gasteiger partial charge in [0.25, 0.3) is 0 Å². The molecule has 2 aromatic heterocycles. The molecule has 3 aromatic rings. The Morgan fingerprint density at radius 1 is 1.40 bits per heavy atom. The van der Waals surface area contributed by atoms with Crippen molar-refractivity contribution >= 4 is 28.2 Å². The van der Waals surface area contributed by atoms with Crippen molar-refractivity contribution in [2.75, 3.05) is 0 Å². The van der Waals surface area contributed by atoms with Crippen LogP contribution in [-0.4, -0.2) is 20.6 Å². The molecule has 2 heterocycles. The number of benzene rings is 1. The van der Waals surface area contributed by atoms with Gasteiger partial charge in [-0.1, -0.05) is 6.07 Å². The van der Waals surface area contributed by atoms with Crippen LogP contribution < -0.4 is 0 Å². The minimum atomic E-state index is -0.883. The fourth-order valence-corrected chi connectivity index (χ4v) is 3.16. The third-order valence-corrected chi connectivity index (χ3v) is 4.46. The van der Waals surface area contributed by atoms with Gasteiger partial charge in [0.2, 0.25) is 0 Å². The maximum atomic E-state index is 11.2. The van der Waals surface area contributed by atoms with Crippen LogP contribution in [0.5, 0.6) is 0 Å². The summed E-state index contributed by atoms with van der Waals surface area (Å²) in [4.78, 5) is 16.7. The Balaban J connectivity index is 1.91. The SMILES string of the molecule is Cc1ncsc1CCn1ccc2c(C(=O)O)cccc21. The van der Waals surface area contributed by atoms with Crippen molar-refractivity contribution in [1.29, 1.82) is 0 Å². The molecule has 1 aromatic carbocycles. The van der Waals surface area contributed by atoms with E-state index in [4.69, 9.17) is 0 Å². The number of aromatic nitrogens is 2. The number of fused-ring (bicyclic) bond motifs is 1. The van der Waals surface area contributed by atoms with Crippen LogP contribution >= 0.6 is 11.3 Å². The first-order valence-electron chi connectivity index (χ1n) is 6.37. The monoisotopic (exact) mass is 286 g/mol. The van der Waals surface area contributed by atoms with Gasteiger partial charge in [-0.25, -0.2) is 9.78 Å². The number of hydrogen-bond donors (Lipinski definition) is 1. The Morgan fingerprint density at radius 3 is 2.95 bits per heavy atom. The second-order valence-electron chi connectivity index (χ2n) is 4.66. The highest BCUT2D eigenvalue weighted by Gasteiger charge is 2.11. The predicted octanol–water partition coefficient (Wildman–Crippen LogP) is 3.35. The third kappa shape index (κ3) is 2.20. The smallest absolute Gasteiger partial charge is 0.336 e. The molecule has 0 bridgehead atoms. The summed E-state index contributed by atoms with van der Waals surface area (Å²) in [7, 11) is 0. The van der Waals surface area contributed by atoms with Gasteiger partial charge in [0.1, 0.15) is 0 Å². The quantitative estimate of drug-likeness (QED) is 0.800. The van der Waals surface area contributed by atoms with E-state index in [1.165, 1.54) is 4.88 Å². The van der Waals surface area contributed by atoms with Gasteiger partial charge in [0, 0.05) is 34.9 Å². The fraction of sp³-hybridized carbons (Fsp3) is 0.200. The second kappa shape index (κ2) is 5.09. The molecule has 102 valence electrons. The van der Waals surface area contributed by atoms with Crippen LogP contribution in [-0.2, 0) is 13.0 Å². The van der Waals surface area contributed by atoms with E-state index in [-0.39, 0.29) is 0 Å². The molecule has 4 nitrogen and oxygen atoms in total. The largest absolute Gasteiger partial charge is 0.478 e. The number of nitrogens with zero attached hydrogens (tertiary/aromatic N) is 2. The zero-order valence-corrected chi connectivity index (χ0v) is 11.9. The summed E-state index contributed by atoms with van der Waals surface area (Å²) in [6, 6.07) is 7.27. The first-order chi connectivity index (χ1) is 9.66. The van der Waals surface area contributed by atoms with E-state index in [1.54, 1.807) is 23.5 Å². The summed E-state index contributed by atoms with van der Waals surface area (Å²) in [5.74, 6) is -0.883. The number of thiazole rings is 1. The van der Waals surface area contributed by atoms with E-state index < -0.39 is 5.97 Å². The van der Waals surface area contributed by atoms with Gasteiger partial charge in [0.05, 0.1) is 16.8 Å². The number of hydrogen-bond acceptors (Lipinski definition) is 3.